The molecule has 0 spiro atoms. The van der Waals surface area contributed by atoms with Crippen LogP contribution in [0.15, 0.2) is 12.1 Å². The van der Waals surface area contributed by atoms with Gasteiger partial charge in [-0.2, -0.15) is 0 Å². The number of fused-ring (bicyclic) bond motifs is 1. The minimum absolute atomic E-state index is 0.279. The molecule has 0 aliphatic carbocycles. The molecule has 0 saturated carbocycles. The Morgan fingerprint density at radius 2 is 2.29 bits per heavy atom. The third kappa shape index (κ3) is 1.66. The van der Waals surface area contributed by atoms with Gasteiger partial charge >= 0.3 is 0 Å². The molecule has 0 N–H and O–H groups in total. The van der Waals surface area contributed by atoms with Gasteiger partial charge in [0.2, 0.25) is 12.5 Å². The molecule has 1 aliphatic heterocycles. The molecular formula is C10H11BrO3. The molecule has 2 rings (SSSR count). The van der Waals surface area contributed by atoms with Gasteiger partial charge in [0.05, 0.1) is 6.61 Å². The van der Waals surface area contributed by atoms with Gasteiger partial charge in [0, 0.05) is 5.33 Å². The SMILES string of the molecule is CCOc1cc(CBr)cc2c1OCO2. The molecule has 1 heterocycles. The maximum Gasteiger partial charge on any atom is 0.231 e. The van der Waals surface area contributed by atoms with Gasteiger partial charge in [-0.25, -0.2) is 0 Å². The standard InChI is InChI=1S/C10H11BrO3/c1-2-12-8-3-7(5-11)4-9-10(8)14-6-13-9/h3-4H,2,5-6H2,1H3. The van der Waals surface area contributed by atoms with Crippen LogP contribution in [0.1, 0.15) is 12.5 Å². The van der Waals surface area contributed by atoms with E-state index in [0.717, 1.165) is 28.1 Å². The second-order valence-corrected chi connectivity index (χ2v) is 3.46. The molecule has 3 nitrogen and oxygen atoms in total. The van der Waals surface area contributed by atoms with Gasteiger partial charge in [-0.3, -0.25) is 0 Å². The number of rotatable bonds is 3. The summed E-state index contributed by atoms with van der Waals surface area (Å²) in [6, 6.07) is 3.92. The summed E-state index contributed by atoms with van der Waals surface area (Å²) in [5.74, 6) is 2.25. The van der Waals surface area contributed by atoms with Gasteiger partial charge in [0.15, 0.2) is 11.5 Å². The summed E-state index contributed by atoms with van der Waals surface area (Å²) >= 11 is 3.40. The summed E-state index contributed by atoms with van der Waals surface area (Å²) in [7, 11) is 0. The lowest BCUT2D eigenvalue weighted by molar-refractivity contribution is 0.170. The van der Waals surface area contributed by atoms with E-state index in [1.165, 1.54) is 0 Å². The van der Waals surface area contributed by atoms with Crippen LogP contribution in [0.3, 0.4) is 0 Å². The molecule has 1 aromatic rings. The maximum atomic E-state index is 5.47. The van der Waals surface area contributed by atoms with Gasteiger partial charge < -0.3 is 14.2 Å². The Balaban J connectivity index is 2.41. The van der Waals surface area contributed by atoms with Crippen molar-refractivity contribution in [1.29, 1.82) is 0 Å². The number of benzene rings is 1. The van der Waals surface area contributed by atoms with Crippen molar-refractivity contribution < 1.29 is 14.2 Å². The Hall–Kier alpha value is -0.900. The normalized spacial score (nSPS) is 13.0. The fraction of sp³-hybridized carbons (Fsp3) is 0.400. The third-order valence-corrected chi connectivity index (χ3v) is 2.60. The molecule has 0 radical (unpaired) electrons. The van der Waals surface area contributed by atoms with Crippen molar-refractivity contribution in [3.63, 3.8) is 0 Å². The summed E-state index contributed by atoms with van der Waals surface area (Å²) < 4.78 is 16.1. The highest BCUT2D eigenvalue weighted by molar-refractivity contribution is 9.08. The average molecular weight is 259 g/mol. The van der Waals surface area contributed by atoms with Gasteiger partial charge in [-0.1, -0.05) is 15.9 Å². The van der Waals surface area contributed by atoms with E-state index in [1.54, 1.807) is 0 Å². The highest BCUT2D eigenvalue weighted by atomic mass is 79.9. The van der Waals surface area contributed by atoms with E-state index in [9.17, 15) is 0 Å². The summed E-state index contributed by atoms with van der Waals surface area (Å²) in [6.45, 7) is 2.85. The number of halogens is 1. The molecule has 0 aromatic heterocycles. The maximum absolute atomic E-state index is 5.47. The van der Waals surface area contributed by atoms with Crippen LogP contribution in [0.2, 0.25) is 0 Å². The van der Waals surface area contributed by atoms with Crippen molar-refractivity contribution in [2.24, 2.45) is 0 Å². The second-order valence-electron chi connectivity index (χ2n) is 2.89. The lowest BCUT2D eigenvalue weighted by atomic mass is 10.2. The molecule has 0 amide bonds. The monoisotopic (exact) mass is 258 g/mol. The van der Waals surface area contributed by atoms with Gasteiger partial charge in [0.1, 0.15) is 0 Å². The number of ether oxygens (including phenoxy) is 3. The van der Waals surface area contributed by atoms with Crippen molar-refractivity contribution in [3.8, 4) is 17.2 Å². The Kier molecular flexibility index (Phi) is 2.82. The first-order valence-electron chi connectivity index (χ1n) is 4.46. The zero-order chi connectivity index (χ0) is 9.97. The van der Waals surface area contributed by atoms with Crippen molar-refractivity contribution >= 4 is 15.9 Å². The van der Waals surface area contributed by atoms with Crippen molar-refractivity contribution in [2.45, 2.75) is 12.3 Å². The van der Waals surface area contributed by atoms with Gasteiger partial charge in [-0.15, -0.1) is 0 Å². The van der Waals surface area contributed by atoms with Crippen molar-refractivity contribution in [2.75, 3.05) is 13.4 Å². The molecular weight excluding hydrogens is 248 g/mol. The van der Waals surface area contributed by atoms with E-state index in [-0.39, 0.29) is 6.79 Å². The number of alkyl halides is 1. The Labute approximate surface area is 91.1 Å². The smallest absolute Gasteiger partial charge is 0.231 e. The second kappa shape index (κ2) is 4.09. The van der Waals surface area contributed by atoms with E-state index in [2.05, 4.69) is 15.9 Å². The summed E-state index contributed by atoms with van der Waals surface area (Å²) in [6.07, 6.45) is 0. The molecule has 0 atom stereocenters. The Morgan fingerprint density at radius 3 is 3.00 bits per heavy atom. The van der Waals surface area contributed by atoms with Crippen LogP contribution >= 0.6 is 15.9 Å². The van der Waals surface area contributed by atoms with E-state index in [4.69, 9.17) is 14.2 Å². The summed E-state index contributed by atoms with van der Waals surface area (Å²) in [5.41, 5.74) is 1.12. The van der Waals surface area contributed by atoms with Crippen LogP contribution in [0.5, 0.6) is 17.2 Å². The average Bonchev–Trinajstić information content (AvgIpc) is 2.66. The fourth-order valence-electron chi connectivity index (χ4n) is 1.37. The van der Waals surface area contributed by atoms with Gasteiger partial charge in [-0.05, 0) is 24.6 Å². The van der Waals surface area contributed by atoms with E-state index >= 15 is 0 Å². The molecule has 0 fully saturated rings. The Bertz CT molecular complexity index is 338. The van der Waals surface area contributed by atoms with Gasteiger partial charge in [0.25, 0.3) is 0 Å². The molecule has 0 bridgehead atoms. The molecule has 14 heavy (non-hydrogen) atoms. The van der Waals surface area contributed by atoms with Crippen LogP contribution in [0, 0.1) is 0 Å². The van der Waals surface area contributed by atoms with Crippen LogP contribution in [0.4, 0.5) is 0 Å². The highest BCUT2D eigenvalue weighted by Crippen LogP contribution is 2.42. The minimum atomic E-state index is 0.279. The van der Waals surface area contributed by atoms with E-state index in [1.807, 2.05) is 19.1 Å². The van der Waals surface area contributed by atoms with Crippen LogP contribution in [-0.2, 0) is 5.33 Å². The van der Waals surface area contributed by atoms with Crippen LogP contribution in [0.25, 0.3) is 0 Å². The summed E-state index contributed by atoms with van der Waals surface area (Å²) in [4.78, 5) is 0. The fourth-order valence-corrected chi connectivity index (χ4v) is 1.70. The minimum Gasteiger partial charge on any atom is -0.490 e. The predicted molar refractivity (Wildman–Crippen MR) is 56.4 cm³/mol. The van der Waals surface area contributed by atoms with E-state index in [0.29, 0.717) is 6.61 Å². The largest absolute Gasteiger partial charge is 0.490 e. The van der Waals surface area contributed by atoms with E-state index < -0.39 is 0 Å². The van der Waals surface area contributed by atoms with Crippen molar-refractivity contribution in [1.82, 2.24) is 0 Å². The quantitative estimate of drug-likeness (QED) is 0.781. The lowest BCUT2D eigenvalue weighted by Gasteiger charge is -2.08. The number of hydrogen-bond donors (Lipinski definition) is 0. The summed E-state index contributed by atoms with van der Waals surface area (Å²) in [5, 5.41) is 0.781. The van der Waals surface area contributed by atoms with Crippen LogP contribution < -0.4 is 14.2 Å². The topological polar surface area (TPSA) is 27.7 Å². The Morgan fingerprint density at radius 1 is 1.43 bits per heavy atom. The molecule has 4 heteroatoms. The third-order valence-electron chi connectivity index (χ3n) is 1.95. The zero-order valence-corrected chi connectivity index (χ0v) is 9.46. The predicted octanol–water partition coefficient (Wildman–Crippen LogP) is 2.71. The van der Waals surface area contributed by atoms with Crippen molar-refractivity contribution in [3.05, 3.63) is 17.7 Å². The molecule has 1 aromatic carbocycles. The first kappa shape index (κ1) is 9.65. The lowest BCUT2D eigenvalue weighted by Crippen LogP contribution is -1.96. The molecule has 0 unspecified atom stereocenters. The highest BCUT2D eigenvalue weighted by Gasteiger charge is 2.19. The molecule has 0 saturated heterocycles. The first-order valence-corrected chi connectivity index (χ1v) is 5.58. The molecule has 76 valence electrons. The van der Waals surface area contributed by atoms with Crippen LogP contribution in [-0.4, -0.2) is 13.4 Å². The molecule has 1 aliphatic rings. The zero-order valence-electron chi connectivity index (χ0n) is 7.88. The number of hydrogen-bond acceptors (Lipinski definition) is 3. The first-order chi connectivity index (χ1) is 6.85.